The molecule has 364 valence electrons. The first-order chi connectivity index (χ1) is 30.1. The lowest BCUT2D eigenvalue weighted by molar-refractivity contribution is -0.343. The van der Waals surface area contributed by atoms with E-state index in [1.807, 2.05) is 0 Å². The van der Waals surface area contributed by atoms with Crippen LogP contribution >= 0.6 is 0 Å². The maximum absolute atomic E-state index is 13.8. The van der Waals surface area contributed by atoms with Gasteiger partial charge in [-0.2, -0.15) is 0 Å². The predicted octanol–water partition coefficient (Wildman–Crippen LogP) is 4.44. The van der Waals surface area contributed by atoms with Crippen molar-refractivity contribution in [1.82, 2.24) is 0 Å². The van der Waals surface area contributed by atoms with Crippen LogP contribution in [0, 0.1) is 5.92 Å². The van der Waals surface area contributed by atoms with Gasteiger partial charge in [-0.3, -0.25) is 43.2 Å². The second-order valence-corrected chi connectivity index (χ2v) is 16.2. The highest BCUT2D eigenvalue weighted by Gasteiger charge is 2.62. The molecule has 0 aromatic carbocycles. The van der Waals surface area contributed by atoms with E-state index in [-0.39, 0.29) is 6.42 Å². The Morgan fingerprint density at radius 2 is 0.781 bits per heavy atom. The van der Waals surface area contributed by atoms with Gasteiger partial charge in [0.05, 0.1) is 0 Å². The van der Waals surface area contributed by atoms with E-state index in [2.05, 4.69) is 13.8 Å². The van der Waals surface area contributed by atoms with Gasteiger partial charge in [-0.15, -0.1) is 0 Å². The van der Waals surface area contributed by atoms with Crippen LogP contribution in [0.15, 0.2) is 0 Å². The van der Waals surface area contributed by atoms with Crippen LogP contribution in [0.2, 0.25) is 0 Å². The van der Waals surface area contributed by atoms with Gasteiger partial charge >= 0.3 is 53.7 Å². The van der Waals surface area contributed by atoms with Crippen molar-refractivity contribution in [2.24, 2.45) is 5.92 Å². The summed E-state index contributed by atoms with van der Waals surface area (Å²) in [6.45, 7) is 11.9. The lowest BCUT2D eigenvalue weighted by Gasteiger charge is -2.50. The summed E-state index contributed by atoms with van der Waals surface area (Å²) in [6.07, 6.45) is -8.75. The van der Waals surface area contributed by atoms with E-state index in [4.69, 9.17) is 52.1 Å². The van der Waals surface area contributed by atoms with E-state index in [9.17, 15) is 43.2 Å². The average Bonchev–Trinajstić information content (AvgIpc) is 3.17. The number of ether oxygens (including phenoxy) is 11. The fraction of sp³-hybridized carbons (Fsp3) is 0.795. The van der Waals surface area contributed by atoms with Crippen LogP contribution in [-0.2, 0) is 95.3 Å². The number of esters is 9. The normalized spacial score (nSPS) is 26.8. The van der Waals surface area contributed by atoms with Crippen LogP contribution in [0.3, 0.4) is 0 Å². The molecule has 2 fully saturated rings. The average molecular weight is 917 g/mol. The highest BCUT2D eigenvalue weighted by atomic mass is 16.8. The second kappa shape index (κ2) is 28.1. The first kappa shape index (κ1) is 55.3. The maximum atomic E-state index is 13.8. The number of rotatable bonds is 25. The highest BCUT2D eigenvalue weighted by Crippen LogP contribution is 2.38. The minimum Gasteiger partial charge on any atom is -0.463 e. The van der Waals surface area contributed by atoms with Gasteiger partial charge in [-0.05, 0) is 12.3 Å². The van der Waals surface area contributed by atoms with Gasteiger partial charge in [0.15, 0.2) is 55.1 Å². The Balaban J connectivity index is 2.65. The van der Waals surface area contributed by atoms with Crippen molar-refractivity contribution in [3.8, 4) is 0 Å². The number of carbonyl (C=O) groups excluding carboxylic acids is 9. The summed E-state index contributed by atoms with van der Waals surface area (Å²) in [5, 5.41) is 0. The lowest BCUT2D eigenvalue weighted by atomic mass is 9.83. The van der Waals surface area contributed by atoms with Crippen molar-refractivity contribution in [2.45, 2.75) is 214 Å². The maximum Gasteiger partial charge on any atom is 0.306 e. The first-order valence-electron chi connectivity index (χ1n) is 22.0. The summed E-state index contributed by atoms with van der Waals surface area (Å²) in [5.41, 5.74) is 0. The summed E-state index contributed by atoms with van der Waals surface area (Å²) in [6, 6.07) is 0. The Kier molecular flexibility index (Phi) is 24.3. The van der Waals surface area contributed by atoms with E-state index in [1.165, 1.54) is 25.7 Å². The van der Waals surface area contributed by atoms with Crippen molar-refractivity contribution in [3.05, 3.63) is 0 Å². The van der Waals surface area contributed by atoms with Crippen molar-refractivity contribution in [2.75, 3.05) is 6.61 Å². The van der Waals surface area contributed by atoms with Crippen molar-refractivity contribution >= 4 is 53.7 Å². The molecule has 0 radical (unpaired) electrons. The fourth-order valence-electron chi connectivity index (χ4n) is 7.73. The van der Waals surface area contributed by atoms with E-state index in [0.717, 1.165) is 87.5 Å². The molecule has 2 aliphatic rings. The van der Waals surface area contributed by atoms with Crippen molar-refractivity contribution < 1.29 is 95.3 Å². The van der Waals surface area contributed by atoms with E-state index < -0.39 is 128 Å². The molecule has 2 rings (SSSR count). The van der Waals surface area contributed by atoms with Gasteiger partial charge in [0, 0.05) is 61.8 Å². The van der Waals surface area contributed by atoms with Gasteiger partial charge in [0.25, 0.3) is 0 Å². The molecule has 1 heterocycles. The summed E-state index contributed by atoms with van der Waals surface area (Å²) < 4.78 is 62.6. The Morgan fingerprint density at radius 3 is 1.22 bits per heavy atom. The van der Waals surface area contributed by atoms with Crippen LogP contribution in [0.5, 0.6) is 0 Å². The van der Waals surface area contributed by atoms with Crippen LogP contribution in [-0.4, -0.2) is 128 Å². The fourth-order valence-corrected chi connectivity index (χ4v) is 7.73. The van der Waals surface area contributed by atoms with Gasteiger partial charge in [0.2, 0.25) is 0 Å². The quantitative estimate of drug-likeness (QED) is 0.0696. The zero-order valence-electron chi connectivity index (χ0n) is 38.8. The third-order valence-corrected chi connectivity index (χ3v) is 10.3. The number of unbranched alkanes of at least 4 members (excludes halogenated alkanes) is 7. The van der Waals surface area contributed by atoms with Gasteiger partial charge in [0.1, 0.15) is 18.8 Å². The number of carbonyl (C=O) groups is 9. The minimum atomic E-state index is -1.97. The van der Waals surface area contributed by atoms with Gasteiger partial charge < -0.3 is 52.1 Å². The molecular formula is C44H68O20. The summed E-state index contributed by atoms with van der Waals surface area (Å²) in [7, 11) is 0. The molecule has 20 nitrogen and oxygen atoms in total. The SMILES string of the molecule is CCCCCC(C)CCCCCCCCC(=O)O[C@@H]1[C@H](OC(C)=O)[C@@H](OC(C)=O)[C@H](OC(C)=O)[C@@H](OC(C)=O)[C@@H]1O[C@@H]1O[C@H](COC(C)=O)[C@@H](OC(C)=O)[C@H](OC(C)=O)[C@@H]1OC(C)=O. The van der Waals surface area contributed by atoms with E-state index in [0.29, 0.717) is 18.8 Å². The third-order valence-electron chi connectivity index (χ3n) is 10.3. The lowest BCUT2D eigenvalue weighted by Crippen LogP contribution is -2.70. The zero-order valence-corrected chi connectivity index (χ0v) is 38.8. The van der Waals surface area contributed by atoms with Crippen LogP contribution in [0.1, 0.15) is 146 Å². The van der Waals surface area contributed by atoms with Gasteiger partial charge in [-0.25, -0.2) is 0 Å². The van der Waals surface area contributed by atoms with E-state index in [1.54, 1.807) is 0 Å². The third kappa shape index (κ3) is 19.5. The summed E-state index contributed by atoms with van der Waals surface area (Å²) in [5.74, 6) is -7.72. The second-order valence-electron chi connectivity index (χ2n) is 16.2. The molecule has 1 aliphatic heterocycles. The molecule has 0 aromatic rings. The van der Waals surface area contributed by atoms with Crippen LogP contribution < -0.4 is 0 Å². The molecule has 1 saturated heterocycles. The molecular weight excluding hydrogens is 848 g/mol. The molecule has 0 aromatic heterocycles. The molecule has 20 heteroatoms. The Morgan fingerprint density at radius 1 is 0.422 bits per heavy atom. The van der Waals surface area contributed by atoms with Crippen LogP contribution in [0.25, 0.3) is 0 Å². The topological polar surface area (TPSA) is 255 Å². The predicted molar refractivity (Wildman–Crippen MR) is 219 cm³/mol. The molecule has 0 spiro atoms. The largest absolute Gasteiger partial charge is 0.463 e. The van der Waals surface area contributed by atoms with E-state index >= 15 is 0 Å². The molecule has 0 N–H and O–H groups in total. The molecule has 1 unspecified atom stereocenters. The molecule has 1 aliphatic carbocycles. The van der Waals surface area contributed by atoms with Crippen LogP contribution in [0.4, 0.5) is 0 Å². The van der Waals surface area contributed by atoms with Crippen molar-refractivity contribution in [1.29, 1.82) is 0 Å². The highest BCUT2D eigenvalue weighted by molar-refractivity contribution is 5.72. The Hall–Kier alpha value is -4.85. The smallest absolute Gasteiger partial charge is 0.306 e. The number of hydrogen-bond acceptors (Lipinski definition) is 20. The standard InChI is InChI=1S/C44H68O20/c1-11-12-17-20-24(2)21-18-15-13-14-16-19-22-34(53)63-41-39(59-30(8)50)37(57-28(6)48)38(58-29(7)49)40(60-31(9)51)42(41)64-44-43(61-32(10)52)36(56-27(5)47)35(55-26(4)46)33(62-44)23-54-25(3)45/h24,33,35-44H,11-23H2,1-10H3/t24?,33-,35-,36+,37+,38+,39-,40-,41-,42+,43+,44+/m1/s1. The molecule has 64 heavy (non-hydrogen) atoms. The summed E-state index contributed by atoms with van der Waals surface area (Å²) in [4.78, 5) is 114. The monoisotopic (exact) mass is 916 g/mol. The Bertz CT molecular complexity index is 1580. The van der Waals surface area contributed by atoms with Crippen molar-refractivity contribution in [3.63, 3.8) is 0 Å². The zero-order chi connectivity index (χ0) is 48.1. The number of hydrogen-bond donors (Lipinski definition) is 0. The van der Waals surface area contributed by atoms with Gasteiger partial charge in [-0.1, -0.05) is 78.1 Å². The Labute approximate surface area is 374 Å². The molecule has 0 amide bonds. The minimum absolute atomic E-state index is 0.145. The first-order valence-corrected chi connectivity index (χ1v) is 22.0. The molecule has 0 bridgehead atoms. The summed E-state index contributed by atoms with van der Waals surface area (Å²) >= 11 is 0. The molecule has 1 saturated carbocycles. The molecule has 12 atom stereocenters.